The minimum Gasteiger partial charge on any atom is -0.262 e. The third-order valence-corrected chi connectivity index (χ3v) is 4.12. The Labute approximate surface area is 152 Å². The lowest BCUT2D eigenvalue weighted by molar-refractivity contribution is 0.834. The molecule has 3 heteroatoms. The second kappa shape index (κ2) is 8.70. The first-order chi connectivity index (χ1) is 11.9. The zero-order chi connectivity index (χ0) is 18.4. The van der Waals surface area contributed by atoms with Crippen LogP contribution in [0.1, 0.15) is 70.9 Å². The molecule has 0 aliphatic rings. The molecule has 0 aliphatic carbocycles. The summed E-state index contributed by atoms with van der Waals surface area (Å²) in [5.41, 5.74) is 6.78. The van der Waals surface area contributed by atoms with Crippen LogP contribution in [0.15, 0.2) is 52.7 Å². The summed E-state index contributed by atoms with van der Waals surface area (Å²) in [6, 6.07) is 10.4. The summed E-state index contributed by atoms with van der Waals surface area (Å²) in [7, 11) is 0. The third-order valence-electron chi connectivity index (χ3n) is 4.12. The molecule has 0 amide bonds. The summed E-state index contributed by atoms with van der Waals surface area (Å²) in [6.07, 6.45) is 4.30. The van der Waals surface area contributed by atoms with Gasteiger partial charge < -0.3 is 0 Å². The van der Waals surface area contributed by atoms with E-state index in [1.54, 1.807) is 12.4 Å². The molecule has 3 nitrogen and oxygen atoms in total. The van der Waals surface area contributed by atoms with E-state index in [0.29, 0.717) is 11.8 Å². The highest BCUT2D eigenvalue weighted by atomic mass is 14.8. The molecule has 25 heavy (non-hydrogen) atoms. The van der Waals surface area contributed by atoms with Crippen LogP contribution in [-0.2, 0) is 0 Å². The molecule has 0 atom stereocenters. The molecule has 132 valence electrons. The van der Waals surface area contributed by atoms with E-state index in [9.17, 15) is 0 Å². The second-order valence-electron chi connectivity index (χ2n) is 7.18. The van der Waals surface area contributed by atoms with Crippen molar-refractivity contribution in [3.63, 3.8) is 0 Å². The number of hydrogen-bond donors (Lipinski definition) is 0. The molecule has 1 aromatic carbocycles. The van der Waals surface area contributed by atoms with E-state index in [0.717, 1.165) is 29.2 Å². The summed E-state index contributed by atoms with van der Waals surface area (Å²) >= 11 is 0. The van der Waals surface area contributed by atoms with Gasteiger partial charge in [-0.1, -0.05) is 45.9 Å². The van der Waals surface area contributed by atoms with Crippen molar-refractivity contribution in [2.45, 2.75) is 59.8 Å². The van der Waals surface area contributed by atoms with E-state index in [2.05, 4.69) is 62.8 Å². The zero-order valence-electron chi connectivity index (χ0n) is 16.2. The summed E-state index contributed by atoms with van der Waals surface area (Å²) in [5, 5.41) is 0. The van der Waals surface area contributed by atoms with Gasteiger partial charge in [0.05, 0.1) is 17.6 Å². The molecule has 0 saturated carbocycles. The van der Waals surface area contributed by atoms with Crippen LogP contribution >= 0.6 is 0 Å². The predicted octanol–water partition coefficient (Wildman–Crippen LogP) is 6.60. The molecule has 2 rings (SSSR count). The molecule has 0 unspecified atom stereocenters. The van der Waals surface area contributed by atoms with Crippen LogP contribution in [0.3, 0.4) is 0 Å². The molecule has 1 heterocycles. The van der Waals surface area contributed by atoms with Gasteiger partial charge in [0, 0.05) is 24.0 Å². The van der Waals surface area contributed by atoms with E-state index < -0.39 is 0 Å². The molecule has 0 saturated heterocycles. The van der Waals surface area contributed by atoms with Gasteiger partial charge in [0.15, 0.2) is 0 Å². The fourth-order valence-electron chi connectivity index (χ4n) is 2.92. The smallest absolute Gasteiger partial charge is 0.0812 e. The lowest BCUT2D eigenvalue weighted by Crippen LogP contribution is -2.02. The van der Waals surface area contributed by atoms with Gasteiger partial charge in [0.25, 0.3) is 0 Å². The van der Waals surface area contributed by atoms with Gasteiger partial charge in [-0.2, -0.15) is 0 Å². The fourth-order valence-corrected chi connectivity index (χ4v) is 2.92. The van der Waals surface area contributed by atoms with Crippen molar-refractivity contribution >= 4 is 22.8 Å². The molecule has 1 aromatic heterocycles. The Morgan fingerprint density at radius 2 is 1.48 bits per heavy atom. The number of rotatable bonds is 6. The maximum atomic E-state index is 5.00. The Bertz CT molecular complexity index is 730. The van der Waals surface area contributed by atoms with Crippen molar-refractivity contribution in [2.24, 2.45) is 9.98 Å². The molecular formula is C22H29N3. The molecule has 0 N–H and O–H groups in total. The Hall–Kier alpha value is -2.29. The summed E-state index contributed by atoms with van der Waals surface area (Å²) < 4.78 is 0. The first kappa shape index (κ1) is 19.0. The molecule has 0 aliphatic heterocycles. The zero-order valence-corrected chi connectivity index (χ0v) is 16.2. The average molecular weight is 335 g/mol. The van der Waals surface area contributed by atoms with Crippen LogP contribution in [0.25, 0.3) is 0 Å². The van der Waals surface area contributed by atoms with Crippen LogP contribution in [-0.4, -0.2) is 16.4 Å². The standard InChI is InChI=1S/C22H29N3/c1-15(2)20-10-7-11-21(16(3)4)22(20)25-18(6)13-17(5)24-19-9-8-12-23-14-19/h7-12,14-16H,13H2,1-6H3. The number of aromatic nitrogens is 1. The van der Waals surface area contributed by atoms with E-state index in [1.165, 1.54) is 11.1 Å². The van der Waals surface area contributed by atoms with Gasteiger partial charge in [-0.3, -0.25) is 15.0 Å². The Kier molecular flexibility index (Phi) is 6.63. The monoisotopic (exact) mass is 335 g/mol. The van der Waals surface area contributed by atoms with Crippen LogP contribution in [0, 0.1) is 0 Å². The Balaban J connectivity index is 2.31. The van der Waals surface area contributed by atoms with E-state index in [4.69, 9.17) is 4.99 Å². The minimum absolute atomic E-state index is 0.454. The lowest BCUT2D eigenvalue weighted by Gasteiger charge is -2.17. The molecule has 0 spiro atoms. The van der Waals surface area contributed by atoms with Crippen molar-refractivity contribution in [3.05, 3.63) is 53.9 Å². The van der Waals surface area contributed by atoms with Crippen molar-refractivity contribution < 1.29 is 0 Å². The quantitative estimate of drug-likeness (QED) is 0.548. The van der Waals surface area contributed by atoms with Crippen LogP contribution in [0.2, 0.25) is 0 Å². The largest absolute Gasteiger partial charge is 0.262 e. The van der Waals surface area contributed by atoms with Crippen molar-refractivity contribution in [3.8, 4) is 0 Å². The van der Waals surface area contributed by atoms with E-state index >= 15 is 0 Å². The fraction of sp³-hybridized carbons (Fsp3) is 0.409. The third kappa shape index (κ3) is 5.35. The first-order valence-electron chi connectivity index (χ1n) is 8.99. The van der Waals surface area contributed by atoms with Crippen LogP contribution in [0.5, 0.6) is 0 Å². The SMILES string of the molecule is CC(CC(C)=Nc1c(C(C)C)cccc1C(C)C)=Nc1cccnc1. The average Bonchev–Trinajstić information content (AvgIpc) is 2.55. The summed E-state index contributed by atoms with van der Waals surface area (Å²) in [4.78, 5) is 13.7. The van der Waals surface area contributed by atoms with Gasteiger partial charge >= 0.3 is 0 Å². The summed E-state index contributed by atoms with van der Waals surface area (Å²) in [6.45, 7) is 13.0. The normalized spacial score (nSPS) is 13.0. The second-order valence-corrected chi connectivity index (χ2v) is 7.18. The van der Waals surface area contributed by atoms with Crippen molar-refractivity contribution in [2.75, 3.05) is 0 Å². The Morgan fingerprint density at radius 1 is 0.880 bits per heavy atom. The number of para-hydroxylation sites is 1. The molecule has 0 fully saturated rings. The highest BCUT2D eigenvalue weighted by Crippen LogP contribution is 2.35. The van der Waals surface area contributed by atoms with Crippen molar-refractivity contribution in [1.82, 2.24) is 4.98 Å². The topological polar surface area (TPSA) is 37.6 Å². The number of benzene rings is 1. The van der Waals surface area contributed by atoms with Crippen molar-refractivity contribution in [1.29, 1.82) is 0 Å². The maximum Gasteiger partial charge on any atom is 0.0812 e. The van der Waals surface area contributed by atoms with E-state index in [-0.39, 0.29) is 0 Å². The molecule has 0 bridgehead atoms. The van der Waals surface area contributed by atoms with Gasteiger partial charge in [-0.05, 0) is 48.9 Å². The lowest BCUT2D eigenvalue weighted by atomic mass is 9.93. The van der Waals surface area contributed by atoms with Gasteiger partial charge in [0.2, 0.25) is 0 Å². The van der Waals surface area contributed by atoms with Crippen LogP contribution in [0.4, 0.5) is 11.4 Å². The Morgan fingerprint density at radius 3 is 2.00 bits per heavy atom. The number of hydrogen-bond acceptors (Lipinski definition) is 3. The molecular weight excluding hydrogens is 306 g/mol. The number of pyridine rings is 1. The summed E-state index contributed by atoms with van der Waals surface area (Å²) in [5.74, 6) is 0.908. The van der Waals surface area contributed by atoms with Crippen LogP contribution < -0.4 is 0 Å². The highest BCUT2D eigenvalue weighted by molar-refractivity contribution is 6.04. The predicted molar refractivity (Wildman–Crippen MR) is 109 cm³/mol. The van der Waals surface area contributed by atoms with Gasteiger partial charge in [-0.25, -0.2) is 0 Å². The van der Waals surface area contributed by atoms with E-state index in [1.807, 2.05) is 19.1 Å². The maximum absolute atomic E-state index is 5.00. The van der Waals surface area contributed by atoms with Gasteiger partial charge in [-0.15, -0.1) is 0 Å². The molecule has 2 aromatic rings. The highest BCUT2D eigenvalue weighted by Gasteiger charge is 2.13. The number of aliphatic imine (C=N–C) groups is 2. The first-order valence-corrected chi connectivity index (χ1v) is 8.99. The molecule has 0 radical (unpaired) electrons. The number of nitrogens with zero attached hydrogens (tertiary/aromatic N) is 3. The minimum atomic E-state index is 0.454. The van der Waals surface area contributed by atoms with Gasteiger partial charge in [0.1, 0.15) is 0 Å².